The molecule has 0 aliphatic rings. The highest BCUT2D eigenvalue weighted by molar-refractivity contribution is 7.71. The zero-order chi connectivity index (χ0) is 18.0. The van der Waals surface area contributed by atoms with E-state index >= 15 is 0 Å². The van der Waals surface area contributed by atoms with Gasteiger partial charge in [0.25, 0.3) is 0 Å². The van der Waals surface area contributed by atoms with Crippen LogP contribution in [0.4, 0.5) is 4.39 Å². The van der Waals surface area contributed by atoms with Gasteiger partial charge < -0.3 is 0 Å². The van der Waals surface area contributed by atoms with Crippen molar-refractivity contribution in [2.75, 3.05) is 0 Å². The monoisotopic (exact) mass is 354 g/mol. The zero-order valence-corrected chi connectivity index (χ0v) is 15.1. The maximum atomic E-state index is 13.0. The fraction of sp³-hybridized carbons (Fsp3) is 0.211. The van der Waals surface area contributed by atoms with Crippen molar-refractivity contribution in [2.45, 2.75) is 26.2 Å². The Balaban J connectivity index is 1.94. The zero-order valence-electron chi connectivity index (χ0n) is 14.3. The Labute approximate surface area is 151 Å². The molecule has 3 rings (SSSR count). The third-order valence-electron chi connectivity index (χ3n) is 3.85. The summed E-state index contributed by atoms with van der Waals surface area (Å²) in [5.41, 5.74) is 3.02. The van der Waals surface area contributed by atoms with Crippen LogP contribution in [0.15, 0.2) is 53.6 Å². The van der Waals surface area contributed by atoms with Crippen LogP contribution < -0.4 is 0 Å². The molecular weight excluding hydrogens is 335 g/mol. The van der Waals surface area contributed by atoms with E-state index in [4.69, 9.17) is 12.2 Å². The first-order valence-corrected chi connectivity index (χ1v) is 8.34. The summed E-state index contributed by atoms with van der Waals surface area (Å²) < 4.78 is 14.9. The van der Waals surface area contributed by atoms with Crippen LogP contribution in [0, 0.1) is 10.6 Å². The fourth-order valence-electron chi connectivity index (χ4n) is 2.38. The molecule has 0 saturated heterocycles. The van der Waals surface area contributed by atoms with Gasteiger partial charge >= 0.3 is 0 Å². The van der Waals surface area contributed by atoms with E-state index in [-0.39, 0.29) is 11.2 Å². The van der Waals surface area contributed by atoms with Gasteiger partial charge in [0.15, 0.2) is 5.82 Å². The third-order valence-corrected chi connectivity index (χ3v) is 4.12. The SMILES string of the molecule is CC(C)(C)c1ccc(-c2n[nH]c(=S)n2/N=C\c2ccc(F)cc2)cc1. The molecule has 0 aliphatic heterocycles. The van der Waals surface area contributed by atoms with Crippen LogP contribution in [0.5, 0.6) is 0 Å². The second kappa shape index (κ2) is 6.72. The molecule has 128 valence electrons. The summed E-state index contributed by atoms with van der Waals surface area (Å²) in [6, 6.07) is 14.3. The van der Waals surface area contributed by atoms with Gasteiger partial charge in [0.1, 0.15) is 5.82 Å². The molecule has 0 radical (unpaired) electrons. The molecule has 4 nitrogen and oxygen atoms in total. The topological polar surface area (TPSA) is 46.0 Å². The molecule has 1 heterocycles. The third kappa shape index (κ3) is 3.91. The molecule has 2 aromatic carbocycles. The number of rotatable bonds is 3. The number of benzene rings is 2. The minimum Gasteiger partial charge on any atom is -0.250 e. The molecule has 0 aliphatic carbocycles. The highest BCUT2D eigenvalue weighted by Crippen LogP contribution is 2.25. The van der Waals surface area contributed by atoms with Crippen LogP contribution in [0.3, 0.4) is 0 Å². The summed E-state index contributed by atoms with van der Waals surface area (Å²) in [6.45, 7) is 6.52. The Kier molecular flexibility index (Phi) is 4.63. The standard InChI is InChI=1S/C19H19FN4S/c1-19(2,3)15-8-6-14(7-9-15)17-22-23-18(25)24(17)21-12-13-4-10-16(20)11-5-13/h4-12H,1-3H3,(H,23,25)/b21-12-. The van der Waals surface area contributed by atoms with E-state index in [1.807, 2.05) is 12.1 Å². The minimum absolute atomic E-state index is 0.0873. The molecule has 6 heteroatoms. The number of halogens is 1. The quantitative estimate of drug-likeness (QED) is 0.536. The molecule has 0 saturated carbocycles. The van der Waals surface area contributed by atoms with Gasteiger partial charge in [-0.05, 0) is 40.9 Å². The maximum absolute atomic E-state index is 13.0. The van der Waals surface area contributed by atoms with E-state index in [1.165, 1.54) is 17.7 Å². The molecule has 3 aromatic rings. The summed E-state index contributed by atoms with van der Waals surface area (Å²) in [5.74, 6) is 0.348. The second-order valence-electron chi connectivity index (χ2n) is 6.79. The Hall–Kier alpha value is -2.60. The van der Waals surface area contributed by atoms with Crippen LogP contribution in [0.2, 0.25) is 0 Å². The van der Waals surface area contributed by atoms with Gasteiger partial charge in [-0.1, -0.05) is 57.2 Å². The van der Waals surface area contributed by atoms with Gasteiger partial charge in [0.05, 0.1) is 6.21 Å². The van der Waals surface area contributed by atoms with Gasteiger partial charge in [-0.3, -0.25) is 0 Å². The highest BCUT2D eigenvalue weighted by Gasteiger charge is 2.14. The smallest absolute Gasteiger partial charge is 0.216 e. The average Bonchev–Trinajstić information content (AvgIpc) is 2.94. The minimum atomic E-state index is -0.281. The number of nitrogens with one attached hydrogen (secondary N) is 1. The van der Waals surface area contributed by atoms with Gasteiger partial charge in [0, 0.05) is 5.56 Å². The first-order valence-electron chi connectivity index (χ1n) is 7.93. The van der Waals surface area contributed by atoms with Crippen molar-refractivity contribution in [3.8, 4) is 11.4 Å². The van der Waals surface area contributed by atoms with Crippen LogP contribution in [0.1, 0.15) is 31.9 Å². The maximum Gasteiger partial charge on any atom is 0.216 e. The number of aromatic nitrogens is 3. The van der Waals surface area contributed by atoms with E-state index in [2.05, 4.69) is 48.2 Å². The van der Waals surface area contributed by atoms with Crippen LogP contribution in [-0.4, -0.2) is 21.1 Å². The van der Waals surface area contributed by atoms with E-state index in [0.29, 0.717) is 10.6 Å². The molecule has 0 spiro atoms. The summed E-state index contributed by atoms with van der Waals surface area (Å²) in [5, 5.41) is 11.4. The number of hydrogen-bond acceptors (Lipinski definition) is 3. The van der Waals surface area contributed by atoms with E-state index in [0.717, 1.165) is 11.1 Å². The number of H-pyrrole nitrogens is 1. The van der Waals surface area contributed by atoms with Crippen molar-refractivity contribution >= 4 is 18.4 Å². The van der Waals surface area contributed by atoms with Gasteiger partial charge in [0.2, 0.25) is 4.77 Å². The van der Waals surface area contributed by atoms with Crippen molar-refractivity contribution in [2.24, 2.45) is 5.10 Å². The lowest BCUT2D eigenvalue weighted by atomic mass is 9.87. The molecule has 0 bridgehead atoms. The lowest BCUT2D eigenvalue weighted by molar-refractivity contribution is 0.590. The molecule has 1 N–H and O–H groups in total. The number of aromatic amines is 1. The highest BCUT2D eigenvalue weighted by atomic mass is 32.1. The summed E-state index contributed by atoms with van der Waals surface area (Å²) in [7, 11) is 0. The largest absolute Gasteiger partial charge is 0.250 e. The molecule has 0 fully saturated rings. The molecule has 0 unspecified atom stereocenters. The van der Waals surface area contributed by atoms with Crippen molar-refractivity contribution in [1.82, 2.24) is 14.9 Å². The first-order chi connectivity index (χ1) is 11.8. The van der Waals surface area contributed by atoms with Crippen molar-refractivity contribution in [3.63, 3.8) is 0 Å². The Morgan fingerprint density at radius 1 is 1.08 bits per heavy atom. The number of nitrogens with zero attached hydrogens (tertiary/aromatic N) is 3. The fourth-order valence-corrected chi connectivity index (χ4v) is 2.56. The predicted molar refractivity (Wildman–Crippen MR) is 101 cm³/mol. The van der Waals surface area contributed by atoms with Gasteiger partial charge in [-0.25, -0.2) is 9.49 Å². The van der Waals surface area contributed by atoms with Crippen LogP contribution in [0.25, 0.3) is 11.4 Å². The molecular formula is C19H19FN4S. The van der Waals surface area contributed by atoms with Gasteiger partial charge in [-0.15, -0.1) is 0 Å². The predicted octanol–water partition coefficient (Wildman–Crippen LogP) is 4.93. The molecule has 0 atom stereocenters. The number of hydrogen-bond donors (Lipinski definition) is 1. The molecule has 0 amide bonds. The molecule has 1 aromatic heterocycles. The lowest BCUT2D eigenvalue weighted by Gasteiger charge is -2.18. The van der Waals surface area contributed by atoms with Gasteiger partial charge in [-0.2, -0.15) is 14.9 Å². The summed E-state index contributed by atoms with van der Waals surface area (Å²) >= 11 is 5.27. The Morgan fingerprint density at radius 3 is 2.32 bits per heavy atom. The Morgan fingerprint density at radius 2 is 1.72 bits per heavy atom. The van der Waals surface area contributed by atoms with Crippen molar-refractivity contribution in [1.29, 1.82) is 0 Å². The second-order valence-corrected chi connectivity index (χ2v) is 7.17. The first kappa shape index (κ1) is 17.2. The summed E-state index contributed by atoms with van der Waals surface area (Å²) in [6.07, 6.45) is 1.62. The van der Waals surface area contributed by atoms with Crippen LogP contribution >= 0.6 is 12.2 Å². The molecule has 25 heavy (non-hydrogen) atoms. The van der Waals surface area contributed by atoms with E-state index < -0.39 is 0 Å². The average molecular weight is 354 g/mol. The Bertz CT molecular complexity index is 945. The normalized spacial score (nSPS) is 12.0. The van der Waals surface area contributed by atoms with E-state index in [1.54, 1.807) is 23.0 Å². The van der Waals surface area contributed by atoms with Crippen molar-refractivity contribution < 1.29 is 4.39 Å². The van der Waals surface area contributed by atoms with E-state index in [9.17, 15) is 4.39 Å². The lowest BCUT2D eigenvalue weighted by Crippen LogP contribution is -2.10. The van der Waals surface area contributed by atoms with Crippen LogP contribution in [-0.2, 0) is 5.41 Å². The summed E-state index contributed by atoms with van der Waals surface area (Å²) in [4.78, 5) is 0. The van der Waals surface area contributed by atoms with Crippen molar-refractivity contribution in [3.05, 3.63) is 70.2 Å².